The van der Waals surface area contributed by atoms with Gasteiger partial charge < -0.3 is 9.64 Å². The zero-order chi connectivity index (χ0) is 19.1. The first-order chi connectivity index (χ1) is 13.2. The summed E-state index contributed by atoms with van der Waals surface area (Å²) in [5, 5.41) is 0. The van der Waals surface area contributed by atoms with E-state index in [4.69, 9.17) is 4.74 Å². The van der Waals surface area contributed by atoms with Crippen LogP contribution < -0.4 is 0 Å². The van der Waals surface area contributed by atoms with Gasteiger partial charge in [0, 0.05) is 19.2 Å². The molecule has 27 heavy (non-hydrogen) atoms. The normalized spacial score (nSPS) is 14.0. The van der Waals surface area contributed by atoms with Crippen LogP contribution in [0.15, 0.2) is 60.7 Å². The average molecular weight is 363 g/mol. The number of esters is 1. The van der Waals surface area contributed by atoms with Gasteiger partial charge in [-0.2, -0.15) is 0 Å². The van der Waals surface area contributed by atoms with Gasteiger partial charge in [0.2, 0.25) is 5.91 Å². The second-order valence-corrected chi connectivity index (χ2v) is 6.95. The maximum absolute atomic E-state index is 12.8. The number of nitrogens with zero attached hydrogens (tertiary/aromatic N) is 1. The third-order valence-electron chi connectivity index (χ3n) is 4.98. The van der Waals surface area contributed by atoms with E-state index in [1.54, 1.807) is 24.3 Å². The van der Waals surface area contributed by atoms with Crippen molar-refractivity contribution in [2.45, 2.75) is 25.8 Å². The number of benzene rings is 2. The van der Waals surface area contributed by atoms with Crippen molar-refractivity contribution in [2.75, 3.05) is 13.7 Å². The minimum atomic E-state index is -0.365. The number of carbonyl (C=O) groups is 2. The minimum absolute atomic E-state index is 0.0165. The van der Waals surface area contributed by atoms with E-state index in [-0.39, 0.29) is 11.9 Å². The van der Waals surface area contributed by atoms with Gasteiger partial charge in [0.1, 0.15) is 0 Å². The number of ether oxygens (including phenoxy) is 1. The molecule has 0 atom stereocenters. The van der Waals surface area contributed by atoms with Crippen LogP contribution in [0, 0.1) is 5.92 Å². The monoisotopic (exact) mass is 363 g/mol. The standard InChI is InChI=1S/C23H25NO3/c1-27-23(26)21-13-10-18(11-14-21)12-15-22(25)24(17-20-8-5-9-20)16-19-6-3-2-4-7-19/h2-4,6-7,10-15,20H,5,8-9,16-17H2,1H3/b15-12+. The Morgan fingerprint density at radius 3 is 2.37 bits per heavy atom. The molecule has 140 valence electrons. The number of hydrogen-bond acceptors (Lipinski definition) is 3. The molecule has 4 heteroatoms. The van der Waals surface area contributed by atoms with Crippen LogP contribution in [-0.2, 0) is 16.1 Å². The van der Waals surface area contributed by atoms with Crippen LogP contribution in [-0.4, -0.2) is 30.4 Å². The highest BCUT2D eigenvalue weighted by atomic mass is 16.5. The van der Waals surface area contributed by atoms with E-state index in [0.29, 0.717) is 18.0 Å². The van der Waals surface area contributed by atoms with Gasteiger partial charge in [-0.25, -0.2) is 4.79 Å². The van der Waals surface area contributed by atoms with Crippen LogP contribution in [0.4, 0.5) is 0 Å². The highest BCUT2D eigenvalue weighted by Crippen LogP contribution is 2.27. The van der Waals surface area contributed by atoms with Gasteiger partial charge >= 0.3 is 5.97 Å². The van der Waals surface area contributed by atoms with Gasteiger partial charge in [0.15, 0.2) is 0 Å². The Labute approximate surface area is 160 Å². The molecular weight excluding hydrogens is 338 g/mol. The Morgan fingerprint density at radius 1 is 1.07 bits per heavy atom. The largest absolute Gasteiger partial charge is 0.465 e. The van der Waals surface area contributed by atoms with Crippen LogP contribution in [0.1, 0.15) is 40.7 Å². The molecule has 2 aromatic carbocycles. The summed E-state index contributed by atoms with van der Waals surface area (Å²) in [4.78, 5) is 26.2. The smallest absolute Gasteiger partial charge is 0.337 e. The quantitative estimate of drug-likeness (QED) is 0.544. The summed E-state index contributed by atoms with van der Waals surface area (Å²) >= 11 is 0. The first-order valence-electron chi connectivity index (χ1n) is 9.35. The minimum Gasteiger partial charge on any atom is -0.465 e. The zero-order valence-corrected chi connectivity index (χ0v) is 15.6. The lowest BCUT2D eigenvalue weighted by atomic mass is 9.85. The molecule has 0 spiro atoms. The van der Waals surface area contributed by atoms with Gasteiger partial charge in [0.25, 0.3) is 0 Å². The molecule has 1 aliphatic carbocycles. The summed E-state index contributed by atoms with van der Waals surface area (Å²) in [5.41, 5.74) is 2.51. The summed E-state index contributed by atoms with van der Waals surface area (Å²) in [7, 11) is 1.36. The molecule has 0 saturated heterocycles. The number of rotatable bonds is 7. The molecule has 0 radical (unpaired) electrons. The van der Waals surface area contributed by atoms with Crippen molar-refractivity contribution in [3.63, 3.8) is 0 Å². The van der Waals surface area contributed by atoms with Gasteiger partial charge in [-0.1, -0.05) is 48.9 Å². The molecule has 0 aromatic heterocycles. The number of hydrogen-bond donors (Lipinski definition) is 0. The summed E-state index contributed by atoms with van der Waals surface area (Å²) in [6.45, 7) is 1.43. The van der Waals surface area contributed by atoms with Crippen LogP contribution in [0.5, 0.6) is 0 Å². The molecule has 0 N–H and O–H groups in total. The fourth-order valence-electron chi connectivity index (χ4n) is 3.14. The molecule has 3 rings (SSSR count). The highest BCUT2D eigenvalue weighted by Gasteiger charge is 2.22. The summed E-state index contributed by atoms with van der Waals surface area (Å²) < 4.78 is 4.70. The molecule has 0 bridgehead atoms. The van der Waals surface area contributed by atoms with Crippen molar-refractivity contribution in [2.24, 2.45) is 5.92 Å². The van der Waals surface area contributed by atoms with Gasteiger partial charge in [-0.3, -0.25) is 4.79 Å². The Bertz CT molecular complexity index is 792. The fourth-order valence-corrected chi connectivity index (χ4v) is 3.14. The summed E-state index contributed by atoms with van der Waals surface area (Å²) in [6.07, 6.45) is 7.09. The molecule has 0 aliphatic heterocycles. The molecule has 2 aromatic rings. The van der Waals surface area contributed by atoms with Crippen molar-refractivity contribution in [1.82, 2.24) is 4.90 Å². The van der Waals surface area contributed by atoms with Crippen LogP contribution in [0.2, 0.25) is 0 Å². The number of carbonyl (C=O) groups excluding carboxylic acids is 2. The molecule has 0 unspecified atom stereocenters. The Morgan fingerprint density at radius 2 is 1.78 bits per heavy atom. The maximum atomic E-state index is 12.8. The Balaban J connectivity index is 1.67. The van der Waals surface area contributed by atoms with E-state index >= 15 is 0 Å². The molecule has 1 saturated carbocycles. The first kappa shape index (κ1) is 18.9. The lowest BCUT2D eigenvalue weighted by molar-refractivity contribution is -0.127. The van der Waals surface area contributed by atoms with E-state index in [9.17, 15) is 9.59 Å². The maximum Gasteiger partial charge on any atom is 0.337 e. The second kappa shape index (κ2) is 9.17. The van der Waals surface area contributed by atoms with E-state index in [1.807, 2.05) is 35.2 Å². The van der Waals surface area contributed by atoms with E-state index in [2.05, 4.69) is 12.1 Å². The highest BCUT2D eigenvalue weighted by molar-refractivity contribution is 5.92. The Kier molecular flexibility index (Phi) is 6.42. The van der Waals surface area contributed by atoms with Crippen LogP contribution >= 0.6 is 0 Å². The molecule has 1 fully saturated rings. The third-order valence-corrected chi connectivity index (χ3v) is 4.98. The van der Waals surface area contributed by atoms with Crippen molar-refractivity contribution < 1.29 is 14.3 Å². The average Bonchev–Trinajstić information content (AvgIpc) is 2.68. The third kappa shape index (κ3) is 5.30. The number of methoxy groups -OCH3 is 1. The van der Waals surface area contributed by atoms with Gasteiger partial charge in [-0.15, -0.1) is 0 Å². The molecule has 1 amide bonds. The fraction of sp³-hybridized carbons (Fsp3) is 0.304. The van der Waals surface area contributed by atoms with Gasteiger partial charge in [0.05, 0.1) is 12.7 Å². The van der Waals surface area contributed by atoms with E-state index < -0.39 is 0 Å². The predicted octanol–water partition coefficient (Wildman–Crippen LogP) is 4.32. The predicted molar refractivity (Wildman–Crippen MR) is 106 cm³/mol. The van der Waals surface area contributed by atoms with E-state index in [1.165, 1.54) is 26.4 Å². The lowest BCUT2D eigenvalue weighted by Crippen LogP contribution is -2.36. The van der Waals surface area contributed by atoms with Crippen molar-refractivity contribution in [1.29, 1.82) is 0 Å². The van der Waals surface area contributed by atoms with Crippen LogP contribution in [0.3, 0.4) is 0 Å². The van der Waals surface area contributed by atoms with Crippen molar-refractivity contribution >= 4 is 18.0 Å². The van der Waals surface area contributed by atoms with E-state index in [0.717, 1.165) is 17.7 Å². The van der Waals surface area contributed by atoms with Crippen molar-refractivity contribution in [3.8, 4) is 0 Å². The van der Waals surface area contributed by atoms with Crippen molar-refractivity contribution in [3.05, 3.63) is 77.4 Å². The zero-order valence-electron chi connectivity index (χ0n) is 15.6. The molecular formula is C23H25NO3. The first-order valence-corrected chi connectivity index (χ1v) is 9.35. The van der Waals surface area contributed by atoms with Crippen LogP contribution in [0.25, 0.3) is 6.08 Å². The molecule has 1 aliphatic rings. The Hall–Kier alpha value is -2.88. The lowest BCUT2D eigenvalue weighted by Gasteiger charge is -2.32. The topological polar surface area (TPSA) is 46.6 Å². The number of amides is 1. The molecule has 0 heterocycles. The molecule has 4 nitrogen and oxygen atoms in total. The summed E-state index contributed by atoms with van der Waals surface area (Å²) in [5.74, 6) is 0.268. The van der Waals surface area contributed by atoms with Gasteiger partial charge in [-0.05, 0) is 48.1 Å². The SMILES string of the molecule is COC(=O)c1ccc(/C=C/C(=O)N(Cc2ccccc2)CC2CCC2)cc1. The second-order valence-electron chi connectivity index (χ2n) is 6.95. The summed E-state index contributed by atoms with van der Waals surface area (Å²) in [6, 6.07) is 17.1.